The fourth-order valence-electron chi connectivity index (χ4n) is 3.23. The Morgan fingerprint density at radius 3 is 2.66 bits per heavy atom. The summed E-state index contributed by atoms with van der Waals surface area (Å²) in [5.74, 6) is -1.41. The number of fused-ring (bicyclic) bond motifs is 1. The van der Waals surface area contributed by atoms with Gasteiger partial charge in [0.25, 0.3) is 18.2 Å². The standard InChI is InChI=1S/C21H17F2N5O3S/c1-31-10-28-8-7-13(27-28)20(30)26-16-15-12(11-5-3-2-4-6-11)9-14(18(22)23)25-21(15)32-17(16)19(24)29/h2-9,18H,10H2,1H3,(H2,24,29)(H,26,30). The van der Waals surface area contributed by atoms with Crippen molar-refractivity contribution in [1.82, 2.24) is 14.8 Å². The fourth-order valence-corrected chi connectivity index (χ4v) is 4.25. The van der Waals surface area contributed by atoms with Crippen LogP contribution in [0.2, 0.25) is 0 Å². The van der Waals surface area contributed by atoms with Crippen LogP contribution in [0.15, 0.2) is 48.7 Å². The predicted octanol–water partition coefficient (Wildman–Crippen LogP) is 4.05. The van der Waals surface area contributed by atoms with Crippen LogP contribution in [0.1, 0.15) is 32.3 Å². The first-order valence-electron chi connectivity index (χ1n) is 9.33. The number of thiophene rings is 1. The van der Waals surface area contributed by atoms with E-state index in [-0.39, 0.29) is 27.8 Å². The van der Waals surface area contributed by atoms with Crippen LogP contribution < -0.4 is 11.1 Å². The van der Waals surface area contributed by atoms with Gasteiger partial charge in [0.2, 0.25) is 0 Å². The highest BCUT2D eigenvalue weighted by Crippen LogP contribution is 2.42. The second-order valence-corrected chi connectivity index (χ2v) is 7.72. The van der Waals surface area contributed by atoms with Crippen molar-refractivity contribution in [2.45, 2.75) is 13.2 Å². The average Bonchev–Trinajstić information content (AvgIpc) is 3.39. The number of nitrogens with one attached hydrogen (secondary N) is 1. The van der Waals surface area contributed by atoms with Crippen molar-refractivity contribution < 1.29 is 23.1 Å². The Morgan fingerprint density at radius 2 is 2.00 bits per heavy atom. The smallest absolute Gasteiger partial charge is 0.280 e. The van der Waals surface area contributed by atoms with Gasteiger partial charge in [0.15, 0.2) is 5.69 Å². The third-order valence-electron chi connectivity index (χ3n) is 4.59. The minimum atomic E-state index is -2.82. The van der Waals surface area contributed by atoms with Gasteiger partial charge in [-0.25, -0.2) is 18.4 Å². The summed E-state index contributed by atoms with van der Waals surface area (Å²) in [5, 5.41) is 7.13. The zero-order valence-corrected chi connectivity index (χ0v) is 17.5. The van der Waals surface area contributed by atoms with Gasteiger partial charge in [-0.1, -0.05) is 30.3 Å². The molecule has 1 aromatic carbocycles. The number of methoxy groups -OCH3 is 1. The molecule has 0 aliphatic heterocycles. The summed E-state index contributed by atoms with van der Waals surface area (Å²) >= 11 is 0.844. The summed E-state index contributed by atoms with van der Waals surface area (Å²) < 4.78 is 33.4. The SMILES string of the molecule is COCn1ccc(C(=O)Nc2c(C(N)=O)sc3nc(C(F)F)cc(-c4ccccc4)c23)n1. The lowest BCUT2D eigenvalue weighted by Gasteiger charge is -2.10. The van der Waals surface area contributed by atoms with Gasteiger partial charge in [-0.15, -0.1) is 11.3 Å². The minimum Gasteiger partial charge on any atom is -0.365 e. The van der Waals surface area contributed by atoms with Gasteiger partial charge in [0.05, 0.1) is 5.69 Å². The molecule has 3 N–H and O–H groups in total. The molecule has 4 aromatic rings. The molecule has 0 unspecified atom stereocenters. The van der Waals surface area contributed by atoms with Crippen molar-refractivity contribution in [2.75, 3.05) is 12.4 Å². The lowest BCUT2D eigenvalue weighted by Crippen LogP contribution is -2.17. The number of aromatic nitrogens is 3. The summed E-state index contributed by atoms with van der Waals surface area (Å²) in [6.45, 7) is 0.152. The number of anilines is 1. The van der Waals surface area contributed by atoms with E-state index in [1.165, 1.54) is 23.9 Å². The van der Waals surface area contributed by atoms with Crippen molar-refractivity contribution >= 4 is 39.1 Å². The summed E-state index contributed by atoms with van der Waals surface area (Å²) in [6, 6.07) is 11.5. The number of hydrogen-bond donors (Lipinski definition) is 2. The molecule has 32 heavy (non-hydrogen) atoms. The van der Waals surface area contributed by atoms with E-state index < -0.39 is 23.9 Å². The first kappa shape index (κ1) is 21.5. The van der Waals surface area contributed by atoms with E-state index in [0.29, 0.717) is 16.5 Å². The number of amides is 2. The molecule has 3 heterocycles. The predicted molar refractivity (Wildman–Crippen MR) is 116 cm³/mol. The monoisotopic (exact) mass is 457 g/mol. The molecule has 0 bridgehead atoms. The van der Waals surface area contributed by atoms with Gasteiger partial charge in [0.1, 0.15) is 22.1 Å². The number of primary amides is 1. The lowest BCUT2D eigenvalue weighted by atomic mass is 10.0. The third-order valence-corrected chi connectivity index (χ3v) is 5.69. The normalized spacial score (nSPS) is 11.2. The largest absolute Gasteiger partial charge is 0.365 e. The van der Waals surface area contributed by atoms with E-state index >= 15 is 0 Å². The first-order chi connectivity index (χ1) is 15.4. The maximum atomic E-state index is 13.5. The Hall–Kier alpha value is -3.70. The van der Waals surface area contributed by atoms with Crippen LogP contribution in [-0.2, 0) is 11.5 Å². The van der Waals surface area contributed by atoms with Crippen LogP contribution in [0.5, 0.6) is 0 Å². The zero-order chi connectivity index (χ0) is 22.8. The molecule has 0 aliphatic rings. The fraction of sp³-hybridized carbons (Fsp3) is 0.143. The molecule has 8 nitrogen and oxygen atoms in total. The molecule has 3 aromatic heterocycles. The van der Waals surface area contributed by atoms with Crippen LogP contribution in [0.25, 0.3) is 21.3 Å². The molecule has 11 heteroatoms. The number of carbonyl (C=O) groups excluding carboxylic acids is 2. The first-order valence-corrected chi connectivity index (χ1v) is 10.1. The van der Waals surface area contributed by atoms with Crippen LogP contribution in [-0.4, -0.2) is 33.7 Å². The third kappa shape index (κ3) is 4.07. The van der Waals surface area contributed by atoms with Gasteiger partial charge in [0, 0.05) is 18.7 Å². The van der Waals surface area contributed by atoms with E-state index in [1.807, 2.05) is 0 Å². The van der Waals surface area contributed by atoms with E-state index in [4.69, 9.17) is 10.5 Å². The molecule has 0 saturated heterocycles. The quantitative estimate of drug-likeness (QED) is 0.435. The second kappa shape index (κ2) is 8.81. The highest BCUT2D eigenvalue weighted by Gasteiger charge is 2.25. The van der Waals surface area contributed by atoms with Gasteiger partial charge in [-0.3, -0.25) is 9.59 Å². The Bertz CT molecular complexity index is 1300. The summed E-state index contributed by atoms with van der Waals surface area (Å²) in [7, 11) is 1.49. The number of benzene rings is 1. The van der Waals surface area contributed by atoms with Crippen LogP contribution in [0.4, 0.5) is 14.5 Å². The van der Waals surface area contributed by atoms with Gasteiger partial charge < -0.3 is 15.8 Å². The lowest BCUT2D eigenvalue weighted by molar-refractivity contribution is 0.100. The summed E-state index contributed by atoms with van der Waals surface area (Å²) in [6.07, 6.45) is -1.26. The molecule has 0 spiro atoms. The van der Waals surface area contributed by atoms with Crippen LogP contribution in [0, 0.1) is 0 Å². The van der Waals surface area contributed by atoms with E-state index in [1.54, 1.807) is 36.5 Å². The number of carbonyl (C=O) groups is 2. The van der Waals surface area contributed by atoms with Gasteiger partial charge >= 0.3 is 0 Å². The zero-order valence-electron chi connectivity index (χ0n) is 16.7. The molecule has 164 valence electrons. The molecule has 0 aliphatic carbocycles. The molecule has 0 atom stereocenters. The number of nitrogens with zero attached hydrogens (tertiary/aromatic N) is 3. The maximum Gasteiger partial charge on any atom is 0.280 e. The van der Waals surface area contributed by atoms with Crippen LogP contribution in [0.3, 0.4) is 0 Å². The van der Waals surface area contributed by atoms with Crippen molar-refractivity contribution in [3.8, 4) is 11.1 Å². The van der Waals surface area contributed by atoms with Crippen molar-refractivity contribution in [3.05, 3.63) is 64.9 Å². The number of alkyl halides is 2. The molecule has 4 rings (SSSR count). The highest BCUT2D eigenvalue weighted by atomic mass is 32.1. The number of nitrogens with two attached hydrogens (primary N) is 1. The summed E-state index contributed by atoms with van der Waals surface area (Å²) in [4.78, 5) is 29.2. The molecule has 0 saturated carbocycles. The molecule has 0 fully saturated rings. The maximum absolute atomic E-state index is 13.5. The van der Waals surface area contributed by atoms with E-state index in [9.17, 15) is 18.4 Å². The van der Waals surface area contributed by atoms with Crippen molar-refractivity contribution in [2.24, 2.45) is 5.73 Å². The minimum absolute atomic E-state index is 0.000714. The number of hydrogen-bond acceptors (Lipinski definition) is 6. The Balaban J connectivity index is 1.89. The Labute approximate surface area is 184 Å². The van der Waals surface area contributed by atoms with Gasteiger partial charge in [-0.2, -0.15) is 5.10 Å². The van der Waals surface area contributed by atoms with Gasteiger partial charge in [-0.05, 0) is 23.3 Å². The second-order valence-electron chi connectivity index (χ2n) is 6.72. The van der Waals surface area contributed by atoms with E-state index in [0.717, 1.165) is 11.3 Å². The highest BCUT2D eigenvalue weighted by molar-refractivity contribution is 7.21. The topological polar surface area (TPSA) is 112 Å². The average molecular weight is 457 g/mol. The number of rotatable bonds is 7. The number of halogens is 2. The molecule has 0 radical (unpaired) electrons. The van der Waals surface area contributed by atoms with E-state index in [2.05, 4.69) is 15.4 Å². The summed E-state index contributed by atoms with van der Waals surface area (Å²) in [5.41, 5.74) is 6.30. The Kier molecular flexibility index (Phi) is 5.93. The molecular formula is C21H17F2N5O3S. The van der Waals surface area contributed by atoms with Crippen molar-refractivity contribution in [1.29, 1.82) is 0 Å². The Morgan fingerprint density at radius 1 is 1.25 bits per heavy atom. The number of pyridine rings is 1. The van der Waals surface area contributed by atoms with Crippen LogP contribution >= 0.6 is 11.3 Å². The number of ether oxygens (including phenoxy) is 1. The van der Waals surface area contributed by atoms with Crippen molar-refractivity contribution in [3.63, 3.8) is 0 Å². The molecular weight excluding hydrogens is 440 g/mol. The molecule has 2 amide bonds.